The Labute approximate surface area is 145 Å². The van der Waals surface area contributed by atoms with Crippen LogP contribution in [0, 0.1) is 5.92 Å². The molecule has 0 N–H and O–H groups in total. The van der Waals surface area contributed by atoms with E-state index in [2.05, 4.69) is 4.98 Å². The van der Waals surface area contributed by atoms with Crippen LogP contribution in [-0.4, -0.2) is 43.8 Å². The van der Waals surface area contributed by atoms with Gasteiger partial charge in [0.25, 0.3) is 5.56 Å². The van der Waals surface area contributed by atoms with E-state index in [1.807, 2.05) is 0 Å². The molecule has 25 heavy (non-hydrogen) atoms. The van der Waals surface area contributed by atoms with Crippen molar-refractivity contribution in [3.05, 3.63) is 53.0 Å². The van der Waals surface area contributed by atoms with Crippen molar-refractivity contribution in [2.45, 2.75) is 25.8 Å². The molecular formula is C18H22N4O3. The summed E-state index contributed by atoms with van der Waals surface area (Å²) < 4.78 is 3.24. The Hall–Kier alpha value is -2.70. The molecule has 0 unspecified atom stereocenters. The van der Waals surface area contributed by atoms with Gasteiger partial charge < -0.3 is 14.0 Å². The van der Waals surface area contributed by atoms with Crippen molar-refractivity contribution in [1.82, 2.24) is 19.0 Å². The molecule has 1 aliphatic heterocycles. The van der Waals surface area contributed by atoms with Crippen LogP contribution in [0.2, 0.25) is 0 Å². The first-order valence-electron chi connectivity index (χ1n) is 8.51. The standard InChI is InChI=1S/C18H22N4O3/c1-20-12-8-19-18(20)17(25)14-5-4-10-22(13-14)16(24)7-11-21-9-3-2-6-15(21)23/h2-3,6,8-9,12,14H,4-5,7,10-11,13H2,1H3/t14-/m0/s1. The molecule has 0 saturated carbocycles. The average molecular weight is 342 g/mol. The monoisotopic (exact) mass is 342 g/mol. The Morgan fingerprint density at radius 2 is 2.12 bits per heavy atom. The van der Waals surface area contributed by atoms with Crippen LogP contribution in [0.1, 0.15) is 29.9 Å². The van der Waals surface area contributed by atoms with E-state index < -0.39 is 0 Å². The zero-order valence-corrected chi connectivity index (χ0v) is 14.3. The molecule has 0 bridgehead atoms. The van der Waals surface area contributed by atoms with Gasteiger partial charge in [0, 0.05) is 63.7 Å². The molecule has 2 aromatic rings. The normalized spacial score (nSPS) is 17.5. The summed E-state index contributed by atoms with van der Waals surface area (Å²) >= 11 is 0. The number of likely N-dealkylation sites (tertiary alicyclic amines) is 1. The number of Topliss-reactive ketones (excluding diaryl/α,β-unsaturated/α-hetero) is 1. The van der Waals surface area contributed by atoms with E-state index in [-0.39, 0.29) is 29.6 Å². The van der Waals surface area contributed by atoms with Crippen molar-refractivity contribution in [1.29, 1.82) is 0 Å². The first-order chi connectivity index (χ1) is 12.1. The number of aromatic nitrogens is 3. The van der Waals surface area contributed by atoms with Gasteiger partial charge in [-0.25, -0.2) is 4.98 Å². The molecular weight excluding hydrogens is 320 g/mol. The van der Waals surface area contributed by atoms with E-state index in [1.165, 1.54) is 10.6 Å². The number of rotatable bonds is 5. The lowest BCUT2D eigenvalue weighted by molar-refractivity contribution is -0.132. The number of nitrogens with zero attached hydrogens (tertiary/aromatic N) is 4. The largest absolute Gasteiger partial charge is 0.342 e. The fraction of sp³-hybridized carbons (Fsp3) is 0.444. The van der Waals surface area contributed by atoms with E-state index >= 15 is 0 Å². The van der Waals surface area contributed by atoms with Crippen LogP contribution < -0.4 is 5.56 Å². The molecule has 3 heterocycles. The summed E-state index contributed by atoms with van der Waals surface area (Å²) in [6.07, 6.45) is 6.87. The van der Waals surface area contributed by atoms with Gasteiger partial charge in [-0.1, -0.05) is 6.07 Å². The Balaban J connectivity index is 1.60. The highest BCUT2D eigenvalue weighted by Gasteiger charge is 2.30. The van der Waals surface area contributed by atoms with Gasteiger partial charge in [-0.15, -0.1) is 0 Å². The predicted molar refractivity (Wildman–Crippen MR) is 92.2 cm³/mol. The minimum atomic E-state index is -0.210. The van der Waals surface area contributed by atoms with Crippen molar-refractivity contribution in [2.24, 2.45) is 13.0 Å². The smallest absolute Gasteiger partial charge is 0.250 e. The van der Waals surface area contributed by atoms with Gasteiger partial charge in [-0.05, 0) is 18.9 Å². The Morgan fingerprint density at radius 3 is 2.84 bits per heavy atom. The average Bonchev–Trinajstić information content (AvgIpc) is 3.06. The van der Waals surface area contributed by atoms with Crippen LogP contribution in [-0.2, 0) is 18.4 Å². The van der Waals surface area contributed by atoms with Crippen molar-refractivity contribution in [2.75, 3.05) is 13.1 Å². The van der Waals surface area contributed by atoms with Crippen LogP contribution in [0.5, 0.6) is 0 Å². The first-order valence-corrected chi connectivity index (χ1v) is 8.51. The van der Waals surface area contributed by atoms with Crippen molar-refractivity contribution < 1.29 is 9.59 Å². The Morgan fingerprint density at radius 1 is 1.28 bits per heavy atom. The van der Waals surface area contributed by atoms with Gasteiger partial charge in [-0.3, -0.25) is 14.4 Å². The van der Waals surface area contributed by atoms with Crippen LogP contribution in [0.3, 0.4) is 0 Å². The predicted octanol–water partition coefficient (Wildman–Crippen LogP) is 1.09. The van der Waals surface area contributed by atoms with E-state index in [4.69, 9.17) is 0 Å². The summed E-state index contributed by atoms with van der Waals surface area (Å²) in [5.41, 5.74) is -0.114. The van der Waals surface area contributed by atoms with Gasteiger partial charge >= 0.3 is 0 Å². The lowest BCUT2D eigenvalue weighted by atomic mass is 9.93. The van der Waals surface area contributed by atoms with Crippen LogP contribution in [0.25, 0.3) is 0 Å². The molecule has 3 rings (SSSR count). The molecule has 1 atom stereocenters. The second-order valence-corrected chi connectivity index (χ2v) is 6.39. The van der Waals surface area contributed by atoms with E-state index in [9.17, 15) is 14.4 Å². The number of ketones is 1. The molecule has 0 radical (unpaired) electrons. The lowest BCUT2D eigenvalue weighted by Gasteiger charge is -2.32. The fourth-order valence-corrected chi connectivity index (χ4v) is 3.22. The van der Waals surface area contributed by atoms with Crippen LogP contribution in [0.4, 0.5) is 0 Å². The maximum atomic E-state index is 12.6. The van der Waals surface area contributed by atoms with Gasteiger partial charge in [0.15, 0.2) is 5.82 Å². The van der Waals surface area contributed by atoms with Gasteiger partial charge in [0.05, 0.1) is 0 Å². The highest BCUT2D eigenvalue weighted by Crippen LogP contribution is 2.21. The quantitative estimate of drug-likeness (QED) is 0.762. The molecule has 0 aromatic carbocycles. The highest BCUT2D eigenvalue weighted by molar-refractivity contribution is 5.95. The van der Waals surface area contributed by atoms with Crippen molar-refractivity contribution in [3.63, 3.8) is 0 Å². The minimum absolute atomic E-state index is 0.00993. The number of hydrogen-bond donors (Lipinski definition) is 0. The molecule has 2 aromatic heterocycles. The zero-order chi connectivity index (χ0) is 17.8. The Kier molecular flexibility index (Phi) is 5.11. The Bertz CT molecular complexity index is 823. The third kappa shape index (κ3) is 3.87. The SMILES string of the molecule is Cn1ccnc1C(=O)[C@H]1CCCN(C(=O)CCn2ccccc2=O)C1. The summed E-state index contributed by atoms with van der Waals surface area (Å²) in [4.78, 5) is 42.6. The number of imidazole rings is 1. The molecule has 7 nitrogen and oxygen atoms in total. The third-order valence-electron chi connectivity index (χ3n) is 4.65. The number of carbonyl (C=O) groups excluding carboxylic acids is 2. The van der Waals surface area contributed by atoms with Crippen molar-refractivity contribution in [3.8, 4) is 0 Å². The number of hydrogen-bond acceptors (Lipinski definition) is 4. The number of piperidine rings is 1. The van der Waals surface area contributed by atoms with Crippen LogP contribution in [0.15, 0.2) is 41.6 Å². The zero-order valence-electron chi connectivity index (χ0n) is 14.3. The number of pyridine rings is 1. The molecule has 132 valence electrons. The van der Waals surface area contributed by atoms with E-state index in [0.29, 0.717) is 25.5 Å². The summed E-state index contributed by atoms with van der Waals surface area (Å²) in [6.45, 7) is 1.44. The molecule has 1 fully saturated rings. The molecule has 7 heteroatoms. The molecule has 0 aliphatic carbocycles. The first kappa shape index (κ1) is 17.1. The summed E-state index contributed by atoms with van der Waals surface area (Å²) in [5.74, 6) is 0.200. The topological polar surface area (TPSA) is 77.2 Å². The summed E-state index contributed by atoms with van der Waals surface area (Å²) in [6, 6.07) is 4.93. The maximum Gasteiger partial charge on any atom is 0.250 e. The third-order valence-corrected chi connectivity index (χ3v) is 4.65. The van der Waals surface area contributed by atoms with Crippen LogP contribution >= 0.6 is 0 Å². The van der Waals surface area contributed by atoms with E-state index in [0.717, 1.165) is 12.8 Å². The molecule has 1 amide bonds. The molecule has 0 spiro atoms. The minimum Gasteiger partial charge on any atom is -0.342 e. The highest BCUT2D eigenvalue weighted by atomic mass is 16.2. The molecule has 1 aliphatic rings. The number of aryl methyl sites for hydroxylation is 2. The number of amides is 1. The summed E-state index contributed by atoms with van der Waals surface area (Å²) in [5, 5.41) is 0. The molecule has 1 saturated heterocycles. The fourth-order valence-electron chi connectivity index (χ4n) is 3.22. The van der Waals surface area contributed by atoms with Crippen molar-refractivity contribution >= 4 is 11.7 Å². The van der Waals surface area contributed by atoms with Gasteiger partial charge in [-0.2, -0.15) is 0 Å². The summed E-state index contributed by atoms with van der Waals surface area (Å²) in [7, 11) is 1.80. The van der Waals surface area contributed by atoms with E-state index in [1.54, 1.807) is 47.2 Å². The second kappa shape index (κ2) is 7.46. The van der Waals surface area contributed by atoms with Gasteiger partial charge in [0.2, 0.25) is 11.7 Å². The maximum absolute atomic E-state index is 12.6. The second-order valence-electron chi connectivity index (χ2n) is 6.39. The number of carbonyl (C=O) groups is 2. The van der Waals surface area contributed by atoms with Gasteiger partial charge in [0.1, 0.15) is 0 Å². The lowest BCUT2D eigenvalue weighted by Crippen LogP contribution is -2.43.